The maximum Gasteiger partial charge on any atom is 0.330 e. The van der Waals surface area contributed by atoms with Crippen LogP contribution in [0.25, 0.3) is 0 Å². The minimum Gasteiger partial charge on any atom is -0.508 e. The van der Waals surface area contributed by atoms with Crippen LogP contribution < -0.4 is 4.74 Å². The fourth-order valence-electron chi connectivity index (χ4n) is 2.05. The van der Waals surface area contributed by atoms with Gasteiger partial charge in [0.15, 0.2) is 0 Å². The largest absolute Gasteiger partial charge is 0.508 e. The molecular formula is C16H27O5P. The first-order valence-corrected chi connectivity index (χ1v) is 9.62. The molecular weight excluding hydrogens is 303 g/mol. The number of aromatic hydroxyl groups is 1. The van der Waals surface area contributed by atoms with Gasteiger partial charge in [-0.15, -0.1) is 0 Å². The van der Waals surface area contributed by atoms with Crippen molar-refractivity contribution in [1.82, 2.24) is 0 Å². The third kappa shape index (κ3) is 7.83. The van der Waals surface area contributed by atoms with Gasteiger partial charge in [0.05, 0.1) is 26.0 Å². The Morgan fingerprint density at radius 1 is 0.955 bits per heavy atom. The molecule has 0 amide bonds. The Hall–Kier alpha value is -1.03. The fraction of sp³-hybridized carbons (Fsp3) is 0.625. The maximum atomic E-state index is 12.2. The number of benzene rings is 1. The molecule has 22 heavy (non-hydrogen) atoms. The van der Waals surface area contributed by atoms with Gasteiger partial charge in [-0.2, -0.15) is 0 Å². The minimum absolute atomic E-state index is 0.236. The predicted molar refractivity (Wildman–Crippen MR) is 87.8 cm³/mol. The number of phenols is 1. The van der Waals surface area contributed by atoms with E-state index >= 15 is 0 Å². The van der Waals surface area contributed by atoms with Gasteiger partial charge >= 0.3 is 7.60 Å². The molecule has 0 unspecified atom stereocenters. The number of phenolic OH excluding ortho intramolecular Hbond substituents is 1. The second-order valence-electron chi connectivity index (χ2n) is 4.93. The lowest BCUT2D eigenvalue weighted by molar-refractivity contribution is 0.219. The van der Waals surface area contributed by atoms with Gasteiger partial charge in [0.2, 0.25) is 0 Å². The molecule has 0 saturated heterocycles. The molecule has 0 aliphatic carbocycles. The lowest BCUT2D eigenvalue weighted by Crippen LogP contribution is -2.01. The molecule has 1 rings (SSSR count). The van der Waals surface area contributed by atoms with Gasteiger partial charge in [-0.25, -0.2) is 0 Å². The Labute approximate surface area is 133 Å². The molecule has 6 heteroatoms. The SMILES string of the molecule is CCOP(=O)(CCCCCCOc1ccc(O)cc1)OCC. The smallest absolute Gasteiger partial charge is 0.330 e. The monoisotopic (exact) mass is 330 g/mol. The van der Waals surface area contributed by atoms with Crippen LogP contribution in [0.2, 0.25) is 0 Å². The summed E-state index contributed by atoms with van der Waals surface area (Å²) in [6, 6.07) is 6.70. The van der Waals surface area contributed by atoms with Crippen LogP contribution in [0.5, 0.6) is 11.5 Å². The van der Waals surface area contributed by atoms with E-state index in [1.165, 1.54) is 0 Å². The zero-order chi connectivity index (χ0) is 16.3. The maximum absolute atomic E-state index is 12.2. The first kappa shape index (κ1) is 19.0. The highest BCUT2D eigenvalue weighted by Crippen LogP contribution is 2.48. The number of ether oxygens (including phenoxy) is 1. The lowest BCUT2D eigenvalue weighted by atomic mass is 10.2. The summed E-state index contributed by atoms with van der Waals surface area (Å²) in [5.41, 5.74) is 0. The van der Waals surface area contributed by atoms with Crippen molar-refractivity contribution in [3.8, 4) is 11.5 Å². The highest BCUT2D eigenvalue weighted by Gasteiger charge is 2.22. The highest BCUT2D eigenvalue weighted by molar-refractivity contribution is 7.53. The van der Waals surface area contributed by atoms with Crippen molar-refractivity contribution in [2.24, 2.45) is 0 Å². The summed E-state index contributed by atoms with van der Waals surface area (Å²) in [6.45, 7) is 5.12. The van der Waals surface area contributed by atoms with Crippen LogP contribution in [-0.4, -0.2) is 31.1 Å². The molecule has 0 aliphatic rings. The summed E-state index contributed by atoms with van der Waals surface area (Å²) in [5.74, 6) is 0.996. The van der Waals surface area contributed by atoms with E-state index in [2.05, 4.69) is 0 Å². The number of hydrogen-bond donors (Lipinski definition) is 1. The zero-order valence-electron chi connectivity index (χ0n) is 13.5. The van der Waals surface area contributed by atoms with Gasteiger partial charge in [0.1, 0.15) is 11.5 Å². The van der Waals surface area contributed by atoms with E-state index < -0.39 is 7.60 Å². The van der Waals surface area contributed by atoms with E-state index in [1.54, 1.807) is 24.3 Å². The van der Waals surface area contributed by atoms with E-state index in [9.17, 15) is 4.57 Å². The van der Waals surface area contributed by atoms with Gasteiger partial charge in [-0.1, -0.05) is 12.8 Å². The molecule has 0 heterocycles. The van der Waals surface area contributed by atoms with E-state index in [0.717, 1.165) is 31.4 Å². The molecule has 1 aromatic rings. The second kappa shape index (κ2) is 10.7. The van der Waals surface area contributed by atoms with Crippen LogP contribution in [0.15, 0.2) is 24.3 Å². The van der Waals surface area contributed by atoms with Crippen LogP contribution in [0, 0.1) is 0 Å². The van der Waals surface area contributed by atoms with E-state index in [-0.39, 0.29) is 5.75 Å². The van der Waals surface area contributed by atoms with Crippen LogP contribution in [-0.2, 0) is 13.6 Å². The first-order valence-electron chi connectivity index (χ1n) is 7.89. The lowest BCUT2D eigenvalue weighted by Gasteiger charge is -2.16. The molecule has 1 N–H and O–H groups in total. The summed E-state index contributed by atoms with van der Waals surface area (Å²) in [4.78, 5) is 0. The molecule has 126 valence electrons. The average molecular weight is 330 g/mol. The van der Waals surface area contributed by atoms with Crippen molar-refractivity contribution in [3.05, 3.63) is 24.3 Å². The van der Waals surface area contributed by atoms with Crippen molar-refractivity contribution in [1.29, 1.82) is 0 Å². The average Bonchev–Trinajstić information content (AvgIpc) is 2.48. The third-order valence-electron chi connectivity index (χ3n) is 3.08. The van der Waals surface area contributed by atoms with Crippen molar-refractivity contribution < 1.29 is 23.5 Å². The Bertz CT molecular complexity index is 436. The van der Waals surface area contributed by atoms with Gasteiger partial charge in [-0.3, -0.25) is 4.57 Å². The Balaban J connectivity index is 2.09. The summed E-state index contributed by atoms with van der Waals surface area (Å²) in [6.07, 6.45) is 4.23. The molecule has 5 nitrogen and oxygen atoms in total. The number of hydrogen-bond acceptors (Lipinski definition) is 5. The zero-order valence-corrected chi connectivity index (χ0v) is 14.4. The Morgan fingerprint density at radius 3 is 2.14 bits per heavy atom. The van der Waals surface area contributed by atoms with Crippen LogP contribution >= 0.6 is 7.60 Å². The molecule has 0 aromatic heterocycles. The van der Waals surface area contributed by atoms with Crippen LogP contribution in [0.3, 0.4) is 0 Å². The second-order valence-corrected chi connectivity index (χ2v) is 7.11. The summed E-state index contributed by atoms with van der Waals surface area (Å²) < 4.78 is 28.3. The van der Waals surface area contributed by atoms with E-state index in [0.29, 0.717) is 26.0 Å². The Morgan fingerprint density at radius 2 is 1.55 bits per heavy atom. The molecule has 0 spiro atoms. The van der Waals surface area contributed by atoms with E-state index in [1.807, 2.05) is 13.8 Å². The van der Waals surface area contributed by atoms with Gasteiger partial charge in [0, 0.05) is 0 Å². The van der Waals surface area contributed by atoms with Gasteiger partial charge in [0.25, 0.3) is 0 Å². The van der Waals surface area contributed by atoms with Crippen molar-refractivity contribution in [2.75, 3.05) is 26.0 Å². The highest BCUT2D eigenvalue weighted by atomic mass is 31.2. The minimum atomic E-state index is -2.88. The number of unbranched alkanes of at least 4 members (excludes halogenated alkanes) is 3. The normalized spacial score (nSPS) is 11.5. The molecule has 0 saturated carbocycles. The standard InChI is InChI=1S/C16H27O5P/c1-3-20-22(18,21-4-2)14-8-6-5-7-13-19-16-11-9-15(17)10-12-16/h9-12,17H,3-8,13-14H2,1-2H3. The topological polar surface area (TPSA) is 65.0 Å². The third-order valence-corrected chi connectivity index (χ3v) is 5.25. The Kier molecular flexibility index (Phi) is 9.21. The van der Waals surface area contributed by atoms with Crippen LogP contribution in [0.4, 0.5) is 0 Å². The van der Waals surface area contributed by atoms with Gasteiger partial charge < -0.3 is 18.9 Å². The molecule has 0 atom stereocenters. The predicted octanol–water partition coefficient (Wildman–Crippen LogP) is 4.60. The van der Waals surface area contributed by atoms with E-state index in [4.69, 9.17) is 18.9 Å². The molecule has 1 aromatic carbocycles. The quantitative estimate of drug-likeness (QED) is 0.448. The summed E-state index contributed by atoms with van der Waals surface area (Å²) >= 11 is 0. The fourth-order valence-corrected chi connectivity index (χ4v) is 3.78. The summed E-state index contributed by atoms with van der Waals surface area (Å²) in [5, 5.41) is 9.17. The molecule has 0 radical (unpaired) electrons. The van der Waals surface area contributed by atoms with Crippen molar-refractivity contribution >= 4 is 7.60 Å². The van der Waals surface area contributed by atoms with Crippen LogP contribution in [0.1, 0.15) is 39.5 Å². The van der Waals surface area contributed by atoms with Gasteiger partial charge in [-0.05, 0) is 51.0 Å². The molecule has 0 fully saturated rings. The molecule has 0 bridgehead atoms. The number of rotatable bonds is 12. The molecule has 0 aliphatic heterocycles. The van der Waals surface area contributed by atoms with Crippen molar-refractivity contribution in [2.45, 2.75) is 39.5 Å². The summed E-state index contributed by atoms with van der Waals surface area (Å²) in [7, 11) is -2.88. The first-order chi connectivity index (χ1) is 10.6. The van der Waals surface area contributed by atoms with Crippen molar-refractivity contribution in [3.63, 3.8) is 0 Å².